The van der Waals surface area contributed by atoms with Crippen molar-refractivity contribution in [1.29, 1.82) is 0 Å². The normalized spacial score (nSPS) is 18.4. The van der Waals surface area contributed by atoms with E-state index in [1.54, 1.807) is 7.11 Å². The van der Waals surface area contributed by atoms with Gasteiger partial charge in [0.1, 0.15) is 11.6 Å². The summed E-state index contributed by atoms with van der Waals surface area (Å²) in [5.74, 6) is 1.89. The van der Waals surface area contributed by atoms with Gasteiger partial charge in [-0.1, -0.05) is 24.3 Å². The minimum absolute atomic E-state index is 0.0773. The first-order chi connectivity index (χ1) is 12.1. The Morgan fingerprint density at radius 3 is 2.80 bits per heavy atom. The molecule has 1 unspecified atom stereocenters. The summed E-state index contributed by atoms with van der Waals surface area (Å²) in [7, 11) is 3.74. The van der Waals surface area contributed by atoms with Crippen LogP contribution in [0.25, 0.3) is 0 Å². The lowest BCUT2D eigenvalue weighted by Gasteiger charge is -2.35. The van der Waals surface area contributed by atoms with E-state index in [0.29, 0.717) is 0 Å². The third-order valence-corrected chi connectivity index (χ3v) is 4.95. The molecule has 1 aliphatic rings. The molecule has 2 heterocycles. The van der Waals surface area contributed by atoms with E-state index in [1.807, 2.05) is 32.2 Å². The molecule has 134 valence electrons. The Balaban J connectivity index is 1.90. The highest BCUT2D eigenvalue weighted by Gasteiger charge is 2.24. The van der Waals surface area contributed by atoms with Crippen molar-refractivity contribution in [3.05, 3.63) is 53.2 Å². The number of hydrogen-bond donors (Lipinski definition) is 1. The van der Waals surface area contributed by atoms with E-state index in [2.05, 4.69) is 28.0 Å². The minimum atomic E-state index is 0.0773. The third-order valence-electron chi connectivity index (χ3n) is 4.95. The van der Waals surface area contributed by atoms with E-state index in [9.17, 15) is 5.11 Å². The molecule has 0 aliphatic carbocycles. The van der Waals surface area contributed by atoms with Crippen molar-refractivity contribution in [3.8, 4) is 5.75 Å². The molecule has 2 aromatic rings. The van der Waals surface area contributed by atoms with Gasteiger partial charge in [0.15, 0.2) is 0 Å². The minimum Gasteiger partial charge on any atom is -0.496 e. The highest BCUT2D eigenvalue weighted by Crippen LogP contribution is 2.27. The summed E-state index contributed by atoms with van der Waals surface area (Å²) in [5.41, 5.74) is 3.38. The number of aliphatic hydroxyl groups excluding tert-OH is 1. The lowest BCUT2D eigenvalue weighted by atomic mass is 10.1. The number of para-hydroxylation sites is 1. The molecule has 0 bridgehead atoms. The molecular weight excluding hydrogens is 314 g/mol. The maximum absolute atomic E-state index is 9.82. The second kappa shape index (κ2) is 7.85. The summed E-state index contributed by atoms with van der Waals surface area (Å²) in [6, 6.07) is 12.4. The van der Waals surface area contributed by atoms with Crippen LogP contribution in [0.15, 0.2) is 36.4 Å². The molecule has 0 saturated carbocycles. The summed E-state index contributed by atoms with van der Waals surface area (Å²) < 4.78 is 5.50. The summed E-state index contributed by atoms with van der Waals surface area (Å²) in [6.45, 7) is 4.71. The van der Waals surface area contributed by atoms with E-state index in [4.69, 9.17) is 9.72 Å². The number of aliphatic hydroxyl groups is 1. The number of aromatic nitrogens is 1. The highest BCUT2D eigenvalue weighted by molar-refractivity contribution is 5.48. The molecule has 0 spiro atoms. The molecule has 1 aliphatic heterocycles. The van der Waals surface area contributed by atoms with Crippen LogP contribution in [0.4, 0.5) is 5.82 Å². The molecule has 1 atom stereocenters. The van der Waals surface area contributed by atoms with Gasteiger partial charge in [-0.05, 0) is 25.5 Å². The standard InChI is InChI=1S/C20H27N3O2/c1-15-8-9-17-13-23(12-16-6-4-5-7-19(16)25-3)11-10-18(14-24)22(2)20(17)21-15/h4-9,18,24H,10-14H2,1-3H3. The SMILES string of the molecule is COc1ccccc1CN1CCC(CO)N(C)c2nc(C)ccc2C1. The fourth-order valence-corrected chi connectivity index (χ4v) is 3.44. The Morgan fingerprint density at radius 1 is 1.24 bits per heavy atom. The van der Waals surface area contributed by atoms with E-state index in [1.165, 1.54) is 11.1 Å². The van der Waals surface area contributed by atoms with Gasteiger partial charge in [0.05, 0.1) is 19.8 Å². The maximum atomic E-state index is 9.82. The number of pyridine rings is 1. The summed E-state index contributed by atoms with van der Waals surface area (Å²) >= 11 is 0. The first kappa shape index (κ1) is 17.7. The van der Waals surface area contributed by atoms with Crippen LogP contribution in [0.1, 0.15) is 23.2 Å². The van der Waals surface area contributed by atoms with Crippen LogP contribution < -0.4 is 9.64 Å². The Bertz CT molecular complexity index is 720. The maximum Gasteiger partial charge on any atom is 0.133 e. The van der Waals surface area contributed by atoms with Gasteiger partial charge in [0.25, 0.3) is 0 Å². The van der Waals surface area contributed by atoms with Gasteiger partial charge in [-0.15, -0.1) is 0 Å². The van der Waals surface area contributed by atoms with E-state index >= 15 is 0 Å². The van der Waals surface area contributed by atoms with Gasteiger partial charge in [-0.2, -0.15) is 0 Å². The quantitative estimate of drug-likeness (QED) is 0.926. The van der Waals surface area contributed by atoms with Gasteiger partial charge in [-0.25, -0.2) is 4.98 Å². The van der Waals surface area contributed by atoms with Gasteiger partial charge in [0.2, 0.25) is 0 Å². The van der Waals surface area contributed by atoms with E-state index in [-0.39, 0.29) is 12.6 Å². The third kappa shape index (κ3) is 3.94. The van der Waals surface area contributed by atoms with Crippen molar-refractivity contribution in [3.63, 3.8) is 0 Å². The molecule has 1 aromatic heterocycles. The van der Waals surface area contributed by atoms with Crippen molar-refractivity contribution >= 4 is 5.82 Å². The fraction of sp³-hybridized carbons (Fsp3) is 0.450. The second-order valence-electron chi connectivity index (χ2n) is 6.69. The first-order valence-corrected chi connectivity index (χ1v) is 8.77. The Labute approximate surface area is 149 Å². The van der Waals surface area contributed by atoms with Gasteiger partial charge < -0.3 is 14.7 Å². The topological polar surface area (TPSA) is 48.8 Å². The van der Waals surface area contributed by atoms with Gasteiger partial charge in [0, 0.05) is 43.5 Å². The number of rotatable bonds is 4. The molecule has 3 rings (SSSR count). The lowest BCUT2D eigenvalue weighted by Crippen LogP contribution is -2.41. The molecular formula is C20H27N3O2. The number of nitrogens with zero attached hydrogens (tertiary/aromatic N) is 3. The Morgan fingerprint density at radius 2 is 2.04 bits per heavy atom. The lowest BCUT2D eigenvalue weighted by molar-refractivity contribution is 0.204. The Kier molecular flexibility index (Phi) is 5.56. The number of methoxy groups -OCH3 is 1. The second-order valence-corrected chi connectivity index (χ2v) is 6.69. The molecule has 1 aromatic carbocycles. The molecule has 0 amide bonds. The van der Waals surface area contributed by atoms with Crippen LogP contribution >= 0.6 is 0 Å². The predicted molar refractivity (Wildman–Crippen MR) is 100.0 cm³/mol. The first-order valence-electron chi connectivity index (χ1n) is 8.77. The average Bonchev–Trinajstić information content (AvgIpc) is 2.62. The van der Waals surface area contributed by atoms with Crippen LogP contribution in [0, 0.1) is 6.92 Å². The monoisotopic (exact) mass is 341 g/mol. The zero-order chi connectivity index (χ0) is 17.8. The van der Waals surface area contributed by atoms with Crippen molar-refractivity contribution in [2.45, 2.75) is 32.5 Å². The number of ether oxygens (including phenoxy) is 1. The molecule has 1 N–H and O–H groups in total. The molecule has 5 nitrogen and oxygen atoms in total. The van der Waals surface area contributed by atoms with Crippen LogP contribution in [-0.2, 0) is 13.1 Å². The van der Waals surface area contributed by atoms with Crippen molar-refractivity contribution < 1.29 is 9.84 Å². The van der Waals surface area contributed by atoms with Gasteiger partial charge >= 0.3 is 0 Å². The summed E-state index contributed by atoms with van der Waals surface area (Å²) in [5, 5.41) is 9.82. The molecule has 0 saturated heterocycles. The summed E-state index contributed by atoms with van der Waals surface area (Å²) in [4.78, 5) is 9.27. The molecule has 0 fully saturated rings. The smallest absolute Gasteiger partial charge is 0.133 e. The fourth-order valence-electron chi connectivity index (χ4n) is 3.44. The molecule has 5 heteroatoms. The van der Waals surface area contributed by atoms with Crippen LogP contribution in [0.3, 0.4) is 0 Å². The molecule has 0 radical (unpaired) electrons. The number of benzene rings is 1. The largest absolute Gasteiger partial charge is 0.496 e. The Hall–Kier alpha value is -2.11. The number of hydrogen-bond acceptors (Lipinski definition) is 5. The van der Waals surface area contributed by atoms with Crippen LogP contribution in [-0.4, -0.2) is 48.3 Å². The molecule has 25 heavy (non-hydrogen) atoms. The number of likely N-dealkylation sites (N-methyl/N-ethyl adjacent to an activating group) is 1. The van der Waals surface area contributed by atoms with Gasteiger partial charge in [-0.3, -0.25) is 4.90 Å². The van der Waals surface area contributed by atoms with E-state index < -0.39 is 0 Å². The van der Waals surface area contributed by atoms with E-state index in [0.717, 1.165) is 43.3 Å². The summed E-state index contributed by atoms with van der Waals surface area (Å²) in [6.07, 6.45) is 0.900. The zero-order valence-electron chi connectivity index (χ0n) is 15.3. The number of aryl methyl sites for hydroxylation is 1. The van der Waals surface area contributed by atoms with Crippen molar-refractivity contribution in [2.24, 2.45) is 0 Å². The average molecular weight is 341 g/mol. The van der Waals surface area contributed by atoms with Crippen molar-refractivity contribution in [1.82, 2.24) is 9.88 Å². The predicted octanol–water partition coefficient (Wildman–Crippen LogP) is 2.60. The highest BCUT2D eigenvalue weighted by atomic mass is 16.5. The van der Waals surface area contributed by atoms with Crippen LogP contribution in [0.2, 0.25) is 0 Å². The van der Waals surface area contributed by atoms with Crippen molar-refractivity contribution in [2.75, 3.05) is 32.2 Å². The number of anilines is 1. The van der Waals surface area contributed by atoms with Crippen LogP contribution in [0.5, 0.6) is 5.75 Å². The number of fused-ring (bicyclic) bond motifs is 1. The zero-order valence-corrected chi connectivity index (χ0v) is 15.3.